The van der Waals surface area contributed by atoms with Crippen molar-refractivity contribution in [1.82, 2.24) is 0 Å². The predicted octanol–water partition coefficient (Wildman–Crippen LogP) is 3.03. The predicted molar refractivity (Wildman–Crippen MR) is 48.8 cm³/mol. The molecule has 1 saturated carbocycles. The Hall–Kier alpha value is -0.820. The Morgan fingerprint density at radius 1 is 1.42 bits per heavy atom. The zero-order valence-electron chi connectivity index (χ0n) is 6.59. The maximum atomic E-state index is 10.5. The summed E-state index contributed by atoms with van der Waals surface area (Å²) in [6.45, 7) is 0. The van der Waals surface area contributed by atoms with Crippen LogP contribution in [0, 0.1) is 0 Å². The second-order valence-corrected chi connectivity index (χ2v) is 3.52. The van der Waals surface area contributed by atoms with Gasteiger partial charge < -0.3 is 0 Å². The summed E-state index contributed by atoms with van der Waals surface area (Å²) in [6.07, 6.45) is 3.23. The van der Waals surface area contributed by atoms with Crippen LogP contribution in [0.25, 0.3) is 0 Å². The van der Waals surface area contributed by atoms with Crippen molar-refractivity contribution in [2.75, 3.05) is 0 Å². The van der Waals surface area contributed by atoms with Gasteiger partial charge in [0.25, 0.3) is 0 Å². The molecule has 0 aliphatic heterocycles. The van der Waals surface area contributed by atoms with Crippen molar-refractivity contribution < 1.29 is 4.79 Å². The van der Waals surface area contributed by atoms with Gasteiger partial charge in [-0.3, -0.25) is 4.79 Å². The highest BCUT2D eigenvalue weighted by molar-refractivity contribution is 6.33. The Bertz CT molecular complexity index is 316. The summed E-state index contributed by atoms with van der Waals surface area (Å²) in [5.41, 5.74) is 1.75. The Morgan fingerprint density at radius 2 is 2.17 bits per heavy atom. The van der Waals surface area contributed by atoms with Gasteiger partial charge in [0.1, 0.15) is 0 Å². The van der Waals surface area contributed by atoms with Gasteiger partial charge in [0.15, 0.2) is 6.29 Å². The molecule has 1 aromatic rings. The molecule has 62 valence electrons. The molecule has 0 radical (unpaired) electrons. The minimum Gasteiger partial charge on any atom is -0.298 e. The second-order valence-electron chi connectivity index (χ2n) is 3.14. The monoisotopic (exact) mass is 180 g/mol. The number of rotatable bonds is 2. The van der Waals surface area contributed by atoms with Crippen molar-refractivity contribution >= 4 is 17.9 Å². The van der Waals surface area contributed by atoms with Gasteiger partial charge in [0.2, 0.25) is 0 Å². The first-order valence-corrected chi connectivity index (χ1v) is 4.44. The van der Waals surface area contributed by atoms with E-state index >= 15 is 0 Å². The van der Waals surface area contributed by atoms with Gasteiger partial charge in [-0.25, -0.2) is 0 Å². The Labute approximate surface area is 76.4 Å². The molecule has 0 amide bonds. The molecule has 0 saturated heterocycles. The number of hydrogen-bond acceptors (Lipinski definition) is 1. The highest BCUT2D eigenvalue weighted by Gasteiger charge is 2.26. The number of benzene rings is 1. The summed E-state index contributed by atoms with van der Waals surface area (Å²) in [5, 5.41) is 0.648. The molecule has 0 bridgehead atoms. The quantitative estimate of drug-likeness (QED) is 0.640. The molecule has 1 nitrogen and oxygen atoms in total. The molecule has 1 fully saturated rings. The van der Waals surface area contributed by atoms with Gasteiger partial charge in [-0.2, -0.15) is 0 Å². The first kappa shape index (κ1) is 7.81. The minimum atomic E-state index is 0.609. The molecule has 1 aliphatic rings. The van der Waals surface area contributed by atoms with Crippen molar-refractivity contribution in [3.63, 3.8) is 0 Å². The third kappa shape index (κ3) is 1.25. The molecule has 0 spiro atoms. The van der Waals surface area contributed by atoms with Gasteiger partial charge >= 0.3 is 0 Å². The molecular formula is C10H9ClO. The van der Waals surface area contributed by atoms with Crippen molar-refractivity contribution in [2.45, 2.75) is 18.8 Å². The van der Waals surface area contributed by atoms with Crippen LogP contribution >= 0.6 is 11.6 Å². The smallest absolute Gasteiger partial charge is 0.151 e. The second kappa shape index (κ2) is 2.91. The van der Waals surface area contributed by atoms with Gasteiger partial charge in [0, 0.05) is 5.56 Å². The number of hydrogen-bond donors (Lipinski definition) is 0. The molecule has 0 atom stereocenters. The lowest BCUT2D eigenvalue weighted by atomic mass is 10.1. The maximum absolute atomic E-state index is 10.5. The van der Waals surface area contributed by atoms with Crippen LogP contribution in [0.1, 0.15) is 34.7 Å². The van der Waals surface area contributed by atoms with E-state index in [0.29, 0.717) is 16.5 Å². The molecule has 0 aromatic heterocycles. The summed E-state index contributed by atoms with van der Waals surface area (Å²) in [6, 6.07) is 5.65. The van der Waals surface area contributed by atoms with Crippen molar-refractivity contribution in [3.05, 3.63) is 34.3 Å². The highest BCUT2D eigenvalue weighted by atomic mass is 35.5. The molecule has 2 rings (SSSR count). The fourth-order valence-electron chi connectivity index (χ4n) is 1.37. The van der Waals surface area contributed by atoms with Crippen LogP contribution in [-0.2, 0) is 0 Å². The van der Waals surface area contributed by atoms with Crippen molar-refractivity contribution in [1.29, 1.82) is 0 Å². The Morgan fingerprint density at radius 3 is 2.75 bits per heavy atom. The maximum Gasteiger partial charge on any atom is 0.151 e. The van der Waals surface area contributed by atoms with E-state index in [4.69, 9.17) is 11.6 Å². The average Bonchev–Trinajstić information content (AvgIpc) is 2.88. The Balaban J connectivity index is 2.47. The largest absolute Gasteiger partial charge is 0.298 e. The fourth-order valence-corrected chi connectivity index (χ4v) is 1.69. The summed E-state index contributed by atoms with van der Waals surface area (Å²) in [7, 11) is 0. The summed E-state index contributed by atoms with van der Waals surface area (Å²) in [4.78, 5) is 10.5. The lowest BCUT2D eigenvalue weighted by Gasteiger charge is -2.02. The molecule has 0 heterocycles. The zero-order chi connectivity index (χ0) is 8.55. The summed E-state index contributed by atoms with van der Waals surface area (Å²) in [5.74, 6) is 0.609. The highest BCUT2D eigenvalue weighted by Crippen LogP contribution is 2.43. The lowest BCUT2D eigenvalue weighted by molar-refractivity contribution is 0.112. The van der Waals surface area contributed by atoms with Gasteiger partial charge in [-0.15, -0.1) is 0 Å². The molecule has 12 heavy (non-hydrogen) atoms. The number of carbonyl (C=O) groups is 1. The zero-order valence-corrected chi connectivity index (χ0v) is 7.34. The number of carbonyl (C=O) groups excluding carboxylic acids is 1. The molecule has 0 N–H and O–H groups in total. The molecular weight excluding hydrogens is 172 g/mol. The number of halogens is 1. The van der Waals surface area contributed by atoms with E-state index in [0.717, 1.165) is 11.8 Å². The molecule has 0 unspecified atom stereocenters. The van der Waals surface area contributed by atoms with Crippen molar-refractivity contribution in [3.8, 4) is 0 Å². The van der Waals surface area contributed by atoms with Crippen LogP contribution in [0.5, 0.6) is 0 Å². The van der Waals surface area contributed by atoms with Crippen LogP contribution in [0.4, 0.5) is 0 Å². The van der Waals surface area contributed by atoms with E-state index in [1.54, 1.807) is 6.07 Å². The Kier molecular flexibility index (Phi) is 1.89. The van der Waals surface area contributed by atoms with Gasteiger partial charge in [-0.1, -0.05) is 29.8 Å². The average molecular weight is 181 g/mol. The van der Waals surface area contributed by atoms with E-state index in [9.17, 15) is 4.79 Å². The van der Waals surface area contributed by atoms with Crippen LogP contribution in [0.3, 0.4) is 0 Å². The minimum absolute atomic E-state index is 0.609. The van der Waals surface area contributed by atoms with Gasteiger partial charge in [-0.05, 0) is 24.3 Å². The fraction of sp³-hybridized carbons (Fsp3) is 0.300. The van der Waals surface area contributed by atoms with E-state index in [-0.39, 0.29) is 0 Å². The first-order valence-electron chi connectivity index (χ1n) is 4.06. The van der Waals surface area contributed by atoms with Crippen LogP contribution < -0.4 is 0 Å². The number of aldehydes is 1. The van der Waals surface area contributed by atoms with Crippen molar-refractivity contribution in [2.24, 2.45) is 0 Å². The molecule has 1 aromatic carbocycles. The summed E-state index contributed by atoms with van der Waals surface area (Å²) < 4.78 is 0. The van der Waals surface area contributed by atoms with E-state index in [1.165, 1.54) is 12.8 Å². The lowest BCUT2D eigenvalue weighted by Crippen LogP contribution is -1.87. The van der Waals surface area contributed by atoms with Crippen LogP contribution in [-0.4, -0.2) is 6.29 Å². The SMILES string of the molecule is O=Cc1cccc(C2CC2)c1Cl. The van der Waals surface area contributed by atoms with E-state index in [1.807, 2.05) is 12.1 Å². The molecule has 1 aliphatic carbocycles. The van der Waals surface area contributed by atoms with Gasteiger partial charge in [0.05, 0.1) is 5.02 Å². The van der Waals surface area contributed by atoms with Crippen LogP contribution in [0.15, 0.2) is 18.2 Å². The van der Waals surface area contributed by atoms with E-state index < -0.39 is 0 Å². The topological polar surface area (TPSA) is 17.1 Å². The first-order chi connectivity index (χ1) is 5.83. The summed E-state index contributed by atoms with van der Waals surface area (Å²) >= 11 is 6.01. The molecule has 2 heteroatoms. The van der Waals surface area contributed by atoms with E-state index in [2.05, 4.69) is 0 Å². The third-order valence-corrected chi connectivity index (χ3v) is 2.64. The standard InChI is InChI=1S/C10H9ClO/c11-10-8(6-12)2-1-3-9(10)7-4-5-7/h1-3,6-7H,4-5H2. The third-order valence-electron chi connectivity index (χ3n) is 2.20. The van der Waals surface area contributed by atoms with Crippen LogP contribution in [0.2, 0.25) is 5.02 Å². The normalized spacial score (nSPS) is 16.1.